The van der Waals surface area contributed by atoms with E-state index in [1.807, 2.05) is 6.92 Å². The minimum atomic E-state index is -0.161. The summed E-state index contributed by atoms with van der Waals surface area (Å²) in [6.45, 7) is 15.4. The Hall–Kier alpha value is -0.280. The number of likely N-dealkylation sites (N-methyl/N-ethyl adjacent to an activating group) is 1. The first-order chi connectivity index (χ1) is 11.3. The van der Waals surface area contributed by atoms with E-state index in [9.17, 15) is 0 Å². The molecule has 0 amide bonds. The normalized spacial score (nSPS) is 21.0. The van der Waals surface area contributed by atoms with Crippen molar-refractivity contribution in [2.75, 3.05) is 99.1 Å². The molecule has 0 radical (unpaired) electrons. The maximum Gasteiger partial charge on any atom is 0.143 e. The quantitative estimate of drug-likeness (QED) is 0.442. The molecular weight excluding hydrogens is 296 g/mol. The molecule has 7 nitrogen and oxygen atoms in total. The van der Waals surface area contributed by atoms with Gasteiger partial charge in [0.1, 0.15) is 6.79 Å². The van der Waals surface area contributed by atoms with E-state index in [1.54, 1.807) is 0 Å². The van der Waals surface area contributed by atoms with Crippen molar-refractivity contribution in [3.8, 4) is 0 Å². The molecule has 0 aromatic heterocycles. The summed E-state index contributed by atoms with van der Waals surface area (Å²) >= 11 is 0. The van der Waals surface area contributed by atoms with Gasteiger partial charge in [-0.2, -0.15) is 0 Å². The third-order valence-corrected chi connectivity index (χ3v) is 4.20. The van der Waals surface area contributed by atoms with Crippen molar-refractivity contribution in [1.82, 2.24) is 20.0 Å². The van der Waals surface area contributed by atoms with E-state index in [1.165, 1.54) is 26.2 Å². The van der Waals surface area contributed by atoms with E-state index in [-0.39, 0.29) is 6.79 Å². The first-order valence-electron chi connectivity index (χ1n) is 8.86. The molecule has 2 aliphatic heterocycles. The Morgan fingerprint density at radius 3 is 2.00 bits per heavy atom. The van der Waals surface area contributed by atoms with Crippen molar-refractivity contribution in [3.63, 3.8) is 0 Å². The van der Waals surface area contributed by atoms with Crippen LogP contribution in [-0.2, 0) is 9.47 Å². The number of aliphatic hydroxyl groups excluding tert-OH is 1. The Kier molecular flexibility index (Phi) is 12.7. The highest BCUT2D eigenvalue weighted by Crippen LogP contribution is 1.97. The highest BCUT2D eigenvalue weighted by atomic mass is 16.6. The van der Waals surface area contributed by atoms with Crippen molar-refractivity contribution in [1.29, 1.82) is 0 Å². The minimum absolute atomic E-state index is 0.161. The van der Waals surface area contributed by atoms with Gasteiger partial charge in [0.05, 0.1) is 13.2 Å². The van der Waals surface area contributed by atoms with Crippen LogP contribution in [0.2, 0.25) is 0 Å². The van der Waals surface area contributed by atoms with Crippen LogP contribution in [0, 0.1) is 0 Å². The zero-order chi connectivity index (χ0) is 16.8. The molecule has 2 heterocycles. The van der Waals surface area contributed by atoms with Crippen LogP contribution in [0.1, 0.15) is 6.92 Å². The van der Waals surface area contributed by atoms with Gasteiger partial charge in [0.25, 0.3) is 0 Å². The maximum absolute atomic E-state index is 8.34. The van der Waals surface area contributed by atoms with Gasteiger partial charge in [-0.3, -0.25) is 9.80 Å². The smallest absolute Gasteiger partial charge is 0.143 e. The van der Waals surface area contributed by atoms with E-state index in [0.29, 0.717) is 6.61 Å². The summed E-state index contributed by atoms with van der Waals surface area (Å²) in [5.41, 5.74) is 0. The Morgan fingerprint density at radius 1 is 0.870 bits per heavy atom. The molecule has 2 rings (SSSR count). The number of nitrogens with one attached hydrogen (secondary N) is 1. The van der Waals surface area contributed by atoms with E-state index >= 15 is 0 Å². The molecule has 0 saturated carbocycles. The second-order valence-corrected chi connectivity index (χ2v) is 5.97. The van der Waals surface area contributed by atoms with Gasteiger partial charge in [-0.05, 0) is 14.0 Å². The number of hydrogen-bond donors (Lipinski definition) is 2. The van der Waals surface area contributed by atoms with E-state index in [0.717, 1.165) is 52.5 Å². The number of hydrogen-bond acceptors (Lipinski definition) is 7. The molecule has 138 valence electrons. The summed E-state index contributed by atoms with van der Waals surface area (Å²) in [6.07, 6.45) is 0. The lowest BCUT2D eigenvalue weighted by molar-refractivity contribution is -0.0107. The molecule has 0 atom stereocenters. The third-order valence-electron chi connectivity index (χ3n) is 4.20. The Balaban J connectivity index is 0.000000231. The van der Waals surface area contributed by atoms with Gasteiger partial charge in [0, 0.05) is 72.1 Å². The summed E-state index contributed by atoms with van der Waals surface area (Å²) in [5, 5.41) is 11.6. The van der Waals surface area contributed by atoms with Crippen molar-refractivity contribution < 1.29 is 14.6 Å². The predicted octanol–water partition coefficient (Wildman–Crippen LogP) is -0.872. The summed E-state index contributed by atoms with van der Waals surface area (Å²) in [4.78, 5) is 7.17. The van der Waals surface area contributed by atoms with Crippen LogP contribution < -0.4 is 5.32 Å². The molecule has 2 saturated heterocycles. The molecule has 0 spiro atoms. The highest BCUT2D eigenvalue weighted by Gasteiger charge is 2.12. The SMILES string of the molecule is CCOCCN1CCN(C)CC1.OCOCCN1CCNCC1. The molecule has 2 N–H and O–H groups in total. The highest BCUT2D eigenvalue weighted by molar-refractivity contribution is 4.68. The number of piperazine rings is 2. The zero-order valence-electron chi connectivity index (χ0n) is 15.0. The zero-order valence-corrected chi connectivity index (χ0v) is 15.0. The molecule has 23 heavy (non-hydrogen) atoms. The topological polar surface area (TPSA) is 60.4 Å². The molecule has 0 aromatic carbocycles. The maximum atomic E-state index is 8.34. The van der Waals surface area contributed by atoms with Crippen molar-refractivity contribution in [2.45, 2.75) is 6.92 Å². The molecule has 7 heteroatoms. The second kappa shape index (κ2) is 14.1. The fraction of sp³-hybridized carbons (Fsp3) is 1.00. The van der Waals surface area contributed by atoms with Crippen molar-refractivity contribution >= 4 is 0 Å². The Labute approximate surface area is 141 Å². The minimum Gasteiger partial charge on any atom is -0.380 e. The van der Waals surface area contributed by atoms with Crippen LogP contribution >= 0.6 is 0 Å². The first kappa shape index (κ1) is 20.8. The lowest BCUT2D eigenvalue weighted by atomic mass is 10.3. The standard InChI is InChI=1S/C9H20N2O.C7H16N2O2/c1-3-12-9-8-11-6-4-10(2)5-7-11;10-7-11-6-5-9-3-1-8-2-4-9/h3-9H2,1-2H3;8,10H,1-7H2. The van der Waals surface area contributed by atoms with Crippen LogP contribution in [-0.4, -0.2) is 119 Å². The predicted molar refractivity (Wildman–Crippen MR) is 92.8 cm³/mol. The van der Waals surface area contributed by atoms with E-state index in [2.05, 4.69) is 27.1 Å². The fourth-order valence-corrected chi connectivity index (χ4v) is 2.60. The van der Waals surface area contributed by atoms with Gasteiger partial charge in [-0.1, -0.05) is 0 Å². The van der Waals surface area contributed by atoms with Gasteiger partial charge in [0.15, 0.2) is 0 Å². The van der Waals surface area contributed by atoms with Crippen LogP contribution in [0.15, 0.2) is 0 Å². The fourth-order valence-electron chi connectivity index (χ4n) is 2.60. The first-order valence-corrected chi connectivity index (χ1v) is 8.86. The largest absolute Gasteiger partial charge is 0.380 e. The molecule has 0 unspecified atom stereocenters. The molecule has 0 aromatic rings. The van der Waals surface area contributed by atoms with Crippen LogP contribution in [0.3, 0.4) is 0 Å². The van der Waals surface area contributed by atoms with Gasteiger partial charge < -0.3 is 24.8 Å². The van der Waals surface area contributed by atoms with Crippen LogP contribution in [0.4, 0.5) is 0 Å². The molecule has 2 fully saturated rings. The van der Waals surface area contributed by atoms with Crippen LogP contribution in [0.25, 0.3) is 0 Å². The van der Waals surface area contributed by atoms with Crippen molar-refractivity contribution in [2.24, 2.45) is 0 Å². The third kappa shape index (κ3) is 11.0. The number of ether oxygens (including phenoxy) is 2. The van der Waals surface area contributed by atoms with E-state index in [4.69, 9.17) is 14.6 Å². The summed E-state index contributed by atoms with van der Waals surface area (Å²) < 4.78 is 10.1. The van der Waals surface area contributed by atoms with Gasteiger partial charge >= 0.3 is 0 Å². The molecule has 0 bridgehead atoms. The summed E-state index contributed by atoms with van der Waals surface area (Å²) in [6, 6.07) is 0. The van der Waals surface area contributed by atoms with Gasteiger partial charge in [0.2, 0.25) is 0 Å². The van der Waals surface area contributed by atoms with Gasteiger partial charge in [-0.15, -0.1) is 0 Å². The van der Waals surface area contributed by atoms with Gasteiger partial charge in [-0.25, -0.2) is 0 Å². The second-order valence-electron chi connectivity index (χ2n) is 5.97. The van der Waals surface area contributed by atoms with Crippen molar-refractivity contribution in [3.05, 3.63) is 0 Å². The Bertz CT molecular complexity index is 258. The number of aliphatic hydroxyl groups is 1. The van der Waals surface area contributed by atoms with Crippen LogP contribution in [0.5, 0.6) is 0 Å². The lowest BCUT2D eigenvalue weighted by Gasteiger charge is -2.32. The lowest BCUT2D eigenvalue weighted by Crippen LogP contribution is -2.45. The summed E-state index contributed by atoms with van der Waals surface area (Å²) in [5.74, 6) is 0. The monoisotopic (exact) mass is 332 g/mol. The number of nitrogens with zero attached hydrogens (tertiary/aromatic N) is 3. The molecule has 2 aliphatic rings. The molecular formula is C16H36N4O3. The Morgan fingerprint density at radius 2 is 1.43 bits per heavy atom. The average molecular weight is 332 g/mol. The van der Waals surface area contributed by atoms with E-state index < -0.39 is 0 Å². The number of rotatable bonds is 8. The summed E-state index contributed by atoms with van der Waals surface area (Å²) in [7, 11) is 2.18. The average Bonchev–Trinajstić information content (AvgIpc) is 2.59. The molecule has 0 aliphatic carbocycles.